The molecule has 0 N–H and O–H groups in total. The summed E-state index contributed by atoms with van der Waals surface area (Å²) in [4.78, 5) is 12.1. The Labute approximate surface area is 103 Å². The Hall–Kier alpha value is -1.09. The maximum absolute atomic E-state index is 12.1. The standard InChI is InChI=1S/C14H21NO2/c1-10-7-11-12(15(10)5-6-17-4)8-14(2,3)9-13(11)16/h7H,5-6,8-9H2,1-4H3. The number of Topliss-reactive ketones (excluding diaryl/α,β-unsaturated/α-hetero) is 1. The molecule has 0 unspecified atom stereocenters. The Bertz CT molecular complexity index is 443. The molecule has 1 aliphatic rings. The van der Waals surface area contributed by atoms with Crippen LogP contribution in [0.3, 0.4) is 0 Å². The Kier molecular flexibility index (Phi) is 3.13. The fourth-order valence-corrected chi connectivity index (χ4v) is 2.70. The molecule has 0 saturated heterocycles. The van der Waals surface area contributed by atoms with E-state index in [0.29, 0.717) is 13.0 Å². The molecule has 3 nitrogen and oxygen atoms in total. The van der Waals surface area contributed by atoms with Crippen LogP contribution in [0.4, 0.5) is 0 Å². The van der Waals surface area contributed by atoms with Gasteiger partial charge >= 0.3 is 0 Å². The molecule has 0 aromatic carbocycles. The fourth-order valence-electron chi connectivity index (χ4n) is 2.70. The van der Waals surface area contributed by atoms with E-state index in [1.807, 2.05) is 6.07 Å². The molecule has 0 bridgehead atoms. The summed E-state index contributed by atoms with van der Waals surface area (Å²) in [5, 5.41) is 0. The number of nitrogens with zero attached hydrogens (tertiary/aromatic N) is 1. The monoisotopic (exact) mass is 235 g/mol. The highest BCUT2D eigenvalue weighted by Gasteiger charge is 2.33. The van der Waals surface area contributed by atoms with E-state index in [2.05, 4.69) is 25.3 Å². The molecule has 0 atom stereocenters. The number of rotatable bonds is 3. The summed E-state index contributed by atoms with van der Waals surface area (Å²) < 4.78 is 7.37. The fraction of sp³-hybridized carbons (Fsp3) is 0.643. The van der Waals surface area contributed by atoms with Gasteiger partial charge in [-0.2, -0.15) is 0 Å². The predicted octanol–water partition coefficient (Wildman–Crippen LogP) is 2.60. The number of fused-ring (bicyclic) bond motifs is 1. The van der Waals surface area contributed by atoms with Crippen molar-refractivity contribution in [3.8, 4) is 0 Å². The van der Waals surface area contributed by atoms with Gasteiger partial charge in [-0.05, 0) is 24.8 Å². The van der Waals surface area contributed by atoms with Crippen molar-refractivity contribution in [2.45, 2.75) is 40.2 Å². The largest absolute Gasteiger partial charge is 0.383 e. The quantitative estimate of drug-likeness (QED) is 0.806. The van der Waals surface area contributed by atoms with Crippen molar-refractivity contribution < 1.29 is 9.53 Å². The normalized spacial score (nSPS) is 18.2. The summed E-state index contributed by atoms with van der Waals surface area (Å²) in [6, 6.07) is 2.03. The topological polar surface area (TPSA) is 31.2 Å². The first-order valence-corrected chi connectivity index (χ1v) is 6.16. The van der Waals surface area contributed by atoms with Crippen molar-refractivity contribution >= 4 is 5.78 Å². The van der Waals surface area contributed by atoms with Crippen LogP contribution in [0.1, 0.15) is 42.0 Å². The Morgan fingerprint density at radius 1 is 1.41 bits per heavy atom. The molecule has 94 valence electrons. The first-order valence-electron chi connectivity index (χ1n) is 6.16. The van der Waals surface area contributed by atoms with E-state index in [1.54, 1.807) is 7.11 Å². The highest BCUT2D eigenvalue weighted by Crippen LogP contribution is 2.36. The molecule has 0 fully saturated rings. The van der Waals surface area contributed by atoms with Gasteiger partial charge in [0.15, 0.2) is 5.78 Å². The van der Waals surface area contributed by atoms with Crippen molar-refractivity contribution in [2.24, 2.45) is 5.41 Å². The van der Waals surface area contributed by atoms with Crippen molar-refractivity contribution in [1.29, 1.82) is 0 Å². The zero-order valence-electron chi connectivity index (χ0n) is 11.2. The van der Waals surface area contributed by atoms with E-state index in [4.69, 9.17) is 4.74 Å². The van der Waals surface area contributed by atoms with Crippen LogP contribution in [0.25, 0.3) is 0 Å². The van der Waals surface area contributed by atoms with Crippen LogP contribution < -0.4 is 0 Å². The number of methoxy groups -OCH3 is 1. The van der Waals surface area contributed by atoms with E-state index in [-0.39, 0.29) is 11.2 Å². The van der Waals surface area contributed by atoms with Crippen LogP contribution >= 0.6 is 0 Å². The number of carbonyl (C=O) groups excluding carboxylic acids is 1. The summed E-state index contributed by atoms with van der Waals surface area (Å²) in [5.41, 5.74) is 3.37. The lowest BCUT2D eigenvalue weighted by atomic mass is 9.76. The molecule has 0 saturated carbocycles. The minimum Gasteiger partial charge on any atom is -0.383 e. The number of hydrogen-bond donors (Lipinski definition) is 0. The zero-order chi connectivity index (χ0) is 12.6. The van der Waals surface area contributed by atoms with Crippen LogP contribution in [0.2, 0.25) is 0 Å². The van der Waals surface area contributed by atoms with Gasteiger partial charge < -0.3 is 9.30 Å². The second kappa shape index (κ2) is 4.30. The van der Waals surface area contributed by atoms with Gasteiger partial charge in [-0.3, -0.25) is 4.79 Å². The molecule has 1 heterocycles. The molecule has 1 aromatic heterocycles. The average Bonchev–Trinajstić information content (AvgIpc) is 2.51. The van der Waals surface area contributed by atoms with Crippen LogP contribution in [-0.4, -0.2) is 24.1 Å². The summed E-state index contributed by atoms with van der Waals surface area (Å²) in [6.07, 6.45) is 1.64. The highest BCUT2D eigenvalue weighted by molar-refractivity contribution is 5.99. The maximum Gasteiger partial charge on any atom is 0.165 e. The Morgan fingerprint density at radius 2 is 2.12 bits per heavy atom. The number of hydrogen-bond acceptors (Lipinski definition) is 2. The van der Waals surface area contributed by atoms with Crippen LogP contribution in [0, 0.1) is 12.3 Å². The third-order valence-electron chi connectivity index (χ3n) is 3.52. The zero-order valence-corrected chi connectivity index (χ0v) is 11.2. The molecule has 2 rings (SSSR count). The smallest absolute Gasteiger partial charge is 0.165 e. The van der Waals surface area contributed by atoms with Gasteiger partial charge in [0.05, 0.1) is 6.61 Å². The summed E-state index contributed by atoms with van der Waals surface area (Å²) in [5.74, 6) is 0.288. The molecular weight excluding hydrogens is 214 g/mol. The molecule has 0 amide bonds. The molecular formula is C14H21NO2. The minimum absolute atomic E-state index is 0.0830. The lowest BCUT2D eigenvalue weighted by Crippen LogP contribution is -2.28. The van der Waals surface area contributed by atoms with Crippen molar-refractivity contribution in [2.75, 3.05) is 13.7 Å². The van der Waals surface area contributed by atoms with Crippen molar-refractivity contribution in [3.63, 3.8) is 0 Å². The summed E-state index contributed by atoms with van der Waals surface area (Å²) in [7, 11) is 1.71. The second-order valence-electron chi connectivity index (χ2n) is 5.73. The van der Waals surface area contributed by atoms with Crippen LogP contribution in [0.15, 0.2) is 6.07 Å². The first kappa shape index (κ1) is 12.4. The number of carbonyl (C=O) groups is 1. The summed E-state index contributed by atoms with van der Waals surface area (Å²) >= 11 is 0. The predicted molar refractivity (Wildman–Crippen MR) is 67.5 cm³/mol. The highest BCUT2D eigenvalue weighted by atomic mass is 16.5. The molecule has 1 aliphatic carbocycles. The molecule has 0 aliphatic heterocycles. The SMILES string of the molecule is COCCn1c(C)cc2c1CC(C)(C)CC2=O. The van der Waals surface area contributed by atoms with Gasteiger partial charge in [0, 0.05) is 37.0 Å². The van der Waals surface area contributed by atoms with Gasteiger partial charge in [0.1, 0.15) is 0 Å². The van der Waals surface area contributed by atoms with Crippen LogP contribution in [0.5, 0.6) is 0 Å². The lowest BCUT2D eigenvalue weighted by Gasteiger charge is -2.29. The van der Waals surface area contributed by atoms with Gasteiger partial charge in [-0.1, -0.05) is 13.8 Å². The van der Waals surface area contributed by atoms with Gasteiger partial charge in [-0.15, -0.1) is 0 Å². The van der Waals surface area contributed by atoms with Crippen molar-refractivity contribution in [1.82, 2.24) is 4.57 Å². The third-order valence-corrected chi connectivity index (χ3v) is 3.52. The summed E-state index contributed by atoms with van der Waals surface area (Å²) in [6.45, 7) is 7.92. The van der Waals surface area contributed by atoms with Crippen molar-refractivity contribution in [3.05, 3.63) is 23.0 Å². The first-order chi connectivity index (χ1) is 7.94. The van der Waals surface area contributed by atoms with E-state index in [1.165, 1.54) is 5.69 Å². The molecule has 17 heavy (non-hydrogen) atoms. The lowest BCUT2D eigenvalue weighted by molar-refractivity contribution is 0.0909. The third kappa shape index (κ3) is 2.29. The van der Waals surface area contributed by atoms with E-state index >= 15 is 0 Å². The van der Waals surface area contributed by atoms with Crippen LogP contribution in [-0.2, 0) is 17.7 Å². The molecule has 1 aromatic rings. The van der Waals surface area contributed by atoms with E-state index in [9.17, 15) is 4.79 Å². The van der Waals surface area contributed by atoms with Gasteiger partial charge in [-0.25, -0.2) is 0 Å². The Balaban J connectivity index is 2.40. The number of aromatic nitrogens is 1. The minimum atomic E-state index is 0.0830. The van der Waals surface area contributed by atoms with E-state index < -0.39 is 0 Å². The Morgan fingerprint density at radius 3 is 2.76 bits per heavy atom. The number of aryl methyl sites for hydroxylation is 1. The second-order valence-corrected chi connectivity index (χ2v) is 5.73. The maximum atomic E-state index is 12.1. The van der Waals surface area contributed by atoms with E-state index in [0.717, 1.165) is 24.2 Å². The number of ketones is 1. The van der Waals surface area contributed by atoms with Gasteiger partial charge in [0.2, 0.25) is 0 Å². The van der Waals surface area contributed by atoms with Gasteiger partial charge in [0.25, 0.3) is 0 Å². The number of ether oxygens (including phenoxy) is 1. The molecule has 0 radical (unpaired) electrons. The molecule has 0 spiro atoms. The molecule has 3 heteroatoms. The average molecular weight is 235 g/mol.